The standard InChI is InChI=1S/C7H14O2S/c1-5(6(8)9)10-7(2,3)4/h5H,1-4H3,(H,8,9). The molecule has 0 fully saturated rings. The third-order valence-corrected chi connectivity index (χ3v) is 2.14. The maximum atomic E-state index is 10.4. The summed E-state index contributed by atoms with van der Waals surface area (Å²) in [6.07, 6.45) is 0. The van der Waals surface area contributed by atoms with Crippen molar-refractivity contribution in [2.45, 2.75) is 37.7 Å². The van der Waals surface area contributed by atoms with Crippen molar-refractivity contribution in [1.82, 2.24) is 0 Å². The normalized spacial score (nSPS) is 14.8. The van der Waals surface area contributed by atoms with Gasteiger partial charge in [-0.2, -0.15) is 0 Å². The van der Waals surface area contributed by atoms with E-state index in [1.165, 1.54) is 11.8 Å². The van der Waals surface area contributed by atoms with E-state index in [2.05, 4.69) is 0 Å². The van der Waals surface area contributed by atoms with E-state index >= 15 is 0 Å². The number of carbonyl (C=O) groups is 1. The van der Waals surface area contributed by atoms with E-state index in [-0.39, 0.29) is 10.00 Å². The molecule has 0 saturated heterocycles. The number of carboxylic acid groups (broad SMARTS) is 1. The Hall–Kier alpha value is -0.180. The summed E-state index contributed by atoms with van der Waals surface area (Å²) in [6, 6.07) is 0. The molecule has 0 aromatic carbocycles. The lowest BCUT2D eigenvalue weighted by molar-refractivity contribution is -0.136. The second kappa shape index (κ2) is 3.28. The maximum absolute atomic E-state index is 10.4. The molecule has 0 aliphatic heterocycles. The van der Waals surface area contributed by atoms with Gasteiger partial charge >= 0.3 is 5.97 Å². The van der Waals surface area contributed by atoms with Crippen molar-refractivity contribution >= 4 is 17.7 Å². The topological polar surface area (TPSA) is 37.3 Å². The Bertz CT molecular complexity index is 126. The van der Waals surface area contributed by atoms with Crippen LogP contribution in [0.15, 0.2) is 0 Å². The Morgan fingerprint density at radius 2 is 1.90 bits per heavy atom. The Kier molecular flexibility index (Phi) is 3.22. The number of rotatable bonds is 2. The summed E-state index contributed by atoms with van der Waals surface area (Å²) >= 11 is 1.47. The average molecular weight is 162 g/mol. The molecule has 3 heteroatoms. The number of carboxylic acids is 1. The summed E-state index contributed by atoms with van der Waals surface area (Å²) in [4.78, 5) is 10.4. The van der Waals surface area contributed by atoms with E-state index in [4.69, 9.17) is 5.11 Å². The molecule has 0 aromatic heterocycles. The zero-order valence-electron chi connectivity index (χ0n) is 6.84. The first kappa shape index (κ1) is 9.82. The summed E-state index contributed by atoms with van der Waals surface area (Å²) in [5.41, 5.74) is 0. The fourth-order valence-electron chi connectivity index (χ4n) is 0.581. The van der Waals surface area contributed by atoms with Gasteiger partial charge in [-0.05, 0) is 6.92 Å². The summed E-state index contributed by atoms with van der Waals surface area (Å²) in [7, 11) is 0. The molecule has 1 unspecified atom stereocenters. The van der Waals surface area contributed by atoms with Crippen molar-refractivity contribution in [3.8, 4) is 0 Å². The lowest BCUT2D eigenvalue weighted by Crippen LogP contribution is -2.20. The van der Waals surface area contributed by atoms with E-state index in [1.807, 2.05) is 20.8 Å². The van der Waals surface area contributed by atoms with Crippen LogP contribution in [0.4, 0.5) is 0 Å². The van der Waals surface area contributed by atoms with Crippen molar-refractivity contribution in [3.63, 3.8) is 0 Å². The Balaban J connectivity index is 3.80. The fourth-order valence-corrected chi connectivity index (χ4v) is 1.74. The van der Waals surface area contributed by atoms with E-state index in [9.17, 15) is 4.79 Å². The third kappa shape index (κ3) is 4.68. The molecule has 0 aliphatic rings. The van der Waals surface area contributed by atoms with Gasteiger partial charge in [0.15, 0.2) is 0 Å². The van der Waals surface area contributed by atoms with E-state index in [0.717, 1.165) is 0 Å². The van der Waals surface area contributed by atoms with Crippen LogP contribution in [0, 0.1) is 0 Å². The van der Waals surface area contributed by atoms with Gasteiger partial charge in [0.2, 0.25) is 0 Å². The largest absolute Gasteiger partial charge is 0.480 e. The highest BCUT2D eigenvalue weighted by molar-refractivity contribution is 8.01. The van der Waals surface area contributed by atoms with E-state index in [1.54, 1.807) is 6.92 Å². The molecule has 0 amide bonds. The molecule has 0 saturated carbocycles. The van der Waals surface area contributed by atoms with Crippen LogP contribution in [-0.4, -0.2) is 21.1 Å². The predicted octanol–water partition coefficient (Wildman–Crippen LogP) is 1.99. The second-order valence-corrected chi connectivity index (χ2v) is 5.38. The molecule has 1 N–H and O–H groups in total. The smallest absolute Gasteiger partial charge is 0.316 e. The highest BCUT2D eigenvalue weighted by Gasteiger charge is 2.20. The van der Waals surface area contributed by atoms with Crippen molar-refractivity contribution in [2.24, 2.45) is 0 Å². The van der Waals surface area contributed by atoms with Gasteiger partial charge in [0.05, 0.1) is 5.25 Å². The molecule has 0 radical (unpaired) electrons. The zero-order chi connectivity index (χ0) is 8.36. The quantitative estimate of drug-likeness (QED) is 0.674. The molecule has 60 valence electrons. The minimum Gasteiger partial charge on any atom is -0.480 e. The molecule has 0 spiro atoms. The zero-order valence-corrected chi connectivity index (χ0v) is 7.66. The van der Waals surface area contributed by atoms with Crippen LogP contribution >= 0.6 is 11.8 Å². The minimum absolute atomic E-state index is 0.0395. The molecule has 10 heavy (non-hydrogen) atoms. The van der Waals surface area contributed by atoms with Crippen LogP contribution in [0.2, 0.25) is 0 Å². The number of aliphatic carboxylic acids is 1. The van der Waals surface area contributed by atoms with Gasteiger partial charge in [0.1, 0.15) is 0 Å². The monoisotopic (exact) mass is 162 g/mol. The lowest BCUT2D eigenvalue weighted by atomic mass is 10.3. The Morgan fingerprint density at radius 3 is 2.00 bits per heavy atom. The van der Waals surface area contributed by atoms with Gasteiger partial charge < -0.3 is 5.11 Å². The molecule has 0 rings (SSSR count). The van der Waals surface area contributed by atoms with Gasteiger partial charge in [0.25, 0.3) is 0 Å². The first-order chi connectivity index (χ1) is 4.33. The van der Waals surface area contributed by atoms with Gasteiger partial charge in [-0.15, -0.1) is 11.8 Å². The Labute approximate surface area is 66.0 Å². The molecule has 2 nitrogen and oxygen atoms in total. The van der Waals surface area contributed by atoms with Crippen molar-refractivity contribution in [1.29, 1.82) is 0 Å². The molecule has 0 bridgehead atoms. The molecule has 0 heterocycles. The highest BCUT2D eigenvalue weighted by atomic mass is 32.2. The maximum Gasteiger partial charge on any atom is 0.316 e. The SMILES string of the molecule is CC(SC(C)(C)C)C(=O)O. The van der Waals surface area contributed by atoms with Crippen molar-refractivity contribution in [2.75, 3.05) is 0 Å². The molecule has 1 atom stereocenters. The summed E-state index contributed by atoms with van der Waals surface area (Å²) < 4.78 is 0.0395. The molecular formula is C7H14O2S. The Morgan fingerprint density at radius 1 is 1.50 bits per heavy atom. The third-order valence-electron chi connectivity index (χ3n) is 0.878. The molecular weight excluding hydrogens is 148 g/mol. The van der Waals surface area contributed by atoms with E-state index in [0.29, 0.717) is 0 Å². The van der Waals surface area contributed by atoms with Gasteiger partial charge in [-0.3, -0.25) is 4.79 Å². The van der Waals surface area contributed by atoms with Crippen LogP contribution in [0.5, 0.6) is 0 Å². The first-order valence-electron chi connectivity index (χ1n) is 3.23. The molecule has 0 aromatic rings. The van der Waals surface area contributed by atoms with Crippen LogP contribution < -0.4 is 0 Å². The number of hydrogen-bond donors (Lipinski definition) is 1. The van der Waals surface area contributed by atoms with Crippen molar-refractivity contribution < 1.29 is 9.90 Å². The number of hydrogen-bond acceptors (Lipinski definition) is 2. The van der Waals surface area contributed by atoms with Crippen LogP contribution in [0.3, 0.4) is 0 Å². The van der Waals surface area contributed by atoms with Gasteiger partial charge in [0, 0.05) is 4.75 Å². The van der Waals surface area contributed by atoms with Gasteiger partial charge in [-0.1, -0.05) is 20.8 Å². The van der Waals surface area contributed by atoms with Crippen LogP contribution in [0.25, 0.3) is 0 Å². The van der Waals surface area contributed by atoms with E-state index < -0.39 is 5.97 Å². The second-order valence-electron chi connectivity index (χ2n) is 3.21. The average Bonchev–Trinajstić information content (AvgIpc) is 1.60. The summed E-state index contributed by atoms with van der Waals surface area (Å²) in [5.74, 6) is -0.736. The minimum atomic E-state index is -0.736. The fraction of sp³-hybridized carbons (Fsp3) is 0.857. The first-order valence-corrected chi connectivity index (χ1v) is 4.11. The highest BCUT2D eigenvalue weighted by Crippen LogP contribution is 2.27. The van der Waals surface area contributed by atoms with Crippen molar-refractivity contribution in [3.05, 3.63) is 0 Å². The lowest BCUT2D eigenvalue weighted by Gasteiger charge is -2.19. The van der Waals surface area contributed by atoms with Gasteiger partial charge in [-0.25, -0.2) is 0 Å². The predicted molar refractivity (Wildman–Crippen MR) is 44.4 cm³/mol. The molecule has 0 aliphatic carbocycles. The van der Waals surface area contributed by atoms with Crippen LogP contribution in [0.1, 0.15) is 27.7 Å². The van der Waals surface area contributed by atoms with Crippen LogP contribution in [-0.2, 0) is 4.79 Å². The summed E-state index contributed by atoms with van der Waals surface area (Å²) in [5, 5.41) is 8.22. The number of thioether (sulfide) groups is 1. The summed E-state index contributed by atoms with van der Waals surface area (Å²) in [6.45, 7) is 7.74.